The second kappa shape index (κ2) is 8.53. The Balaban J connectivity index is 1.66. The first-order chi connectivity index (χ1) is 15.0. The monoisotopic (exact) mass is 434 g/mol. The second-order valence-corrected chi connectivity index (χ2v) is 7.98. The van der Waals surface area contributed by atoms with Crippen LogP contribution >= 0.6 is 11.3 Å². The minimum absolute atomic E-state index is 0.0594. The van der Waals surface area contributed by atoms with Gasteiger partial charge < -0.3 is 9.64 Å². The van der Waals surface area contributed by atoms with Crippen LogP contribution in [0, 0.1) is 10.1 Å². The van der Waals surface area contributed by atoms with Crippen molar-refractivity contribution in [3.05, 3.63) is 91.7 Å². The first-order valence-corrected chi connectivity index (χ1v) is 10.3. The summed E-state index contributed by atoms with van der Waals surface area (Å²) in [5, 5.41) is 10.9. The van der Waals surface area contributed by atoms with Crippen LogP contribution in [-0.4, -0.2) is 30.5 Å². The Bertz CT molecular complexity index is 1200. The molecule has 0 unspecified atom stereocenters. The number of para-hydroxylation sites is 1. The zero-order chi connectivity index (χ0) is 22.0. The highest BCUT2D eigenvalue weighted by molar-refractivity contribution is 7.15. The first-order valence-electron chi connectivity index (χ1n) is 9.52. The van der Waals surface area contributed by atoms with Gasteiger partial charge in [-0.15, -0.1) is 11.3 Å². The van der Waals surface area contributed by atoms with E-state index in [-0.39, 0.29) is 17.6 Å². The summed E-state index contributed by atoms with van der Waals surface area (Å²) in [7, 11) is 1.35. The van der Waals surface area contributed by atoms with Crippen molar-refractivity contribution in [3.8, 4) is 0 Å². The van der Waals surface area contributed by atoms with E-state index in [0.29, 0.717) is 23.4 Å². The van der Waals surface area contributed by atoms with Crippen molar-refractivity contribution in [3.63, 3.8) is 0 Å². The number of benzene rings is 2. The van der Waals surface area contributed by atoms with Crippen LogP contribution in [0.25, 0.3) is 11.6 Å². The van der Waals surface area contributed by atoms with Crippen LogP contribution in [0.15, 0.2) is 60.7 Å². The number of nitrogens with zero attached hydrogens (tertiary/aromatic N) is 2. The van der Waals surface area contributed by atoms with Crippen LogP contribution in [0.1, 0.15) is 36.9 Å². The molecule has 3 aromatic rings. The molecule has 0 fully saturated rings. The molecule has 0 spiro atoms. The zero-order valence-corrected chi connectivity index (χ0v) is 17.4. The van der Waals surface area contributed by atoms with Gasteiger partial charge in [-0.05, 0) is 54.0 Å². The van der Waals surface area contributed by atoms with E-state index in [4.69, 9.17) is 4.74 Å². The van der Waals surface area contributed by atoms with E-state index in [1.165, 1.54) is 42.7 Å². The summed E-state index contributed by atoms with van der Waals surface area (Å²) in [6.45, 7) is 0.435. The molecule has 2 heterocycles. The van der Waals surface area contributed by atoms with E-state index in [1.807, 2.05) is 36.4 Å². The maximum atomic E-state index is 13.2. The highest BCUT2D eigenvalue weighted by atomic mass is 32.1. The van der Waals surface area contributed by atoms with Crippen molar-refractivity contribution in [2.75, 3.05) is 18.6 Å². The summed E-state index contributed by atoms with van der Waals surface area (Å²) in [6, 6.07) is 16.8. The molecule has 0 atom stereocenters. The Hall–Kier alpha value is -3.78. The van der Waals surface area contributed by atoms with Gasteiger partial charge in [0.2, 0.25) is 0 Å². The third kappa shape index (κ3) is 4.10. The molecule has 0 bridgehead atoms. The number of methoxy groups -OCH3 is 1. The van der Waals surface area contributed by atoms with E-state index < -0.39 is 4.92 Å². The predicted octanol–water partition coefficient (Wildman–Crippen LogP) is 5.03. The van der Waals surface area contributed by atoms with Crippen molar-refractivity contribution in [2.45, 2.75) is 6.42 Å². The van der Waals surface area contributed by atoms with E-state index in [0.717, 1.165) is 21.7 Å². The molecule has 1 aromatic heterocycles. The standard InChI is InChI=1S/C23H18N2O5S/c1-30-23(27)21-11-10-20(31-21)17-12-13-24(19-5-3-2-4-16(19)14-17)22(26)15-6-8-18(9-7-15)25(28)29/h2-11,14H,12-13H2,1H3. The number of thiophene rings is 1. The summed E-state index contributed by atoms with van der Waals surface area (Å²) in [6.07, 6.45) is 2.62. The van der Waals surface area contributed by atoms with Crippen molar-refractivity contribution in [1.82, 2.24) is 0 Å². The number of ether oxygens (including phenoxy) is 1. The van der Waals surface area contributed by atoms with Crippen molar-refractivity contribution in [2.24, 2.45) is 0 Å². The smallest absolute Gasteiger partial charge is 0.348 e. The van der Waals surface area contributed by atoms with Gasteiger partial charge in [0.1, 0.15) is 4.88 Å². The molecule has 8 heteroatoms. The number of non-ortho nitro benzene ring substituents is 1. The molecule has 156 valence electrons. The first kappa shape index (κ1) is 20.5. The maximum absolute atomic E-state index is 13.2. The molecular formula is C23H18N2O5S. The molecule has 0 saturated heterocycles. The minimum atomic E-state index is -0.491. The molecule has 7 nitrogen and oxygen atoms in total. The predicted molar refractivity (Wildman–Crippen MR) is 119 cm³/mol. The van der Waals surface area contributed by atoms with Crippen LogP contribution in [0.5, 0.6) is 0 Å². The number of carbonyl (C=O) groups excluding carboxylic acids is 2. The van der Waals surface area contributed by atoms with Crippen LogP contribution in [0.2, 0.25) is 0 Å². The molecule has 2 aromatic carbocycles. The van der Waals surface area contributed by atoms with Gasteiger partial charge in [-0.3, -0.25) is 14.9 Å². The largest absolute Gasteiger partial charge is 0.465 e. The number of esters is 1. The SMILES string of the molecule is COC(=O)c1ccc(C2=Cc3ccccc3N(C(=O)c3ccc([N+](=O)[O-])cc3)CC2)s1. The molecule has 0 radical (unpaired) electrons. The number of anilines is 1. The molecule has 1 aliphatic heterocycles. The molecule has 0 aliphatic carbocycles. The van der Waals surface area contributed by atoms with Gasteiger partial charge in [0, 0.05) is 29.1 Å². The normalized spacial score (nSPS) is 13.1. The fourth-order valence-electron chi connectivity index (χ4n) is 3.48. The fraction of sp³-hybridized carbons (Fsp3) is 0.130. The van der Waals surface area contributed by atoms with Crippen LogP contribution < -0.4 is 4.90 Å². The van der Waals surface area contributed by atoms with Gasteiger partial charge >= 0.3 is 5.97 Å². The molecular weight excluding hydrogens is 416 g/mol. The van der Waals surface area contributed by atoms with Gasteiger partial charge in [0.15, 0.2) is 0 Å². The topological polar surface area (TPSA) is 89.8 Å². The van der Waals surface area contributed by atoms with Crippen LogP contribution in [0.4, 0.5) is 11.4 Å². The third-order valence-corrected chi connectivity index (χ3v) is 6.18. The van der Waals surface area contributed by atoms with Gasteiger partial charge in [0.05, 0.1) is 17.7 Å². The highest BCUT2D eigenvalue weighted by Crippen LogP contribution is 2.35. The summed E-state index contributed by atoms with van der Waals surface area (Å²) in [4.78, 5) is 38.6. The summed E-state index contributed by atoms with van der Waals surface area (Å²) in [5.41, 5.74) is 3.00. The van der Waals surface area contributed by atoms with Gasteiger partial charge in [0.25, 0.3) is 11.6 Å². The lowest BCUT2D eigenvalue weighted by Crippen LogP contribution is -2.32. The third-order valence-electron chi connectivity index (χ3n) is 5.04. The zero-order valence-electron chi connectivity index (χ0n) is 16.6. The number of carbonyl (C=O) groups is 2. The average Bonchev–Trinajstić information content (AvgIpc) is 3.20. The van der Waals surface area contributed by atoms with E-state index in [1.54, 1.807) is 11.0 Å². The fourth-order valence-corrected chi connectivity index (χ4v) is 4.44. The molecule has 1 amide bonds. The lowest BCUT2D eigenvalue weighted by molar-refractivity contribution is -0.384. The summed E-state index contributed by atoms with van der Waals surface area (Å²) < 4.78 is 4.80. The lowest BCUT2D eigenvalue weighted by Gasteiger charge is -2.23. The Morgan fingerprint density at radius 3 is 2.52 bits per heavy atom. The van der Waals surface area contributed by atoms with Crippen LogP contribution in [0.3, 0.4) is 0 Å². The highest BCUT2D eigenvalue weighted by Gasteiger charge is 2.24. The lowest BCUT2D eigenvalue weighted by atomic mass is 10.1. The molecule has 0 saturated carbocycles. The van der Waals surface area contributed by atoms with E-state index in [9.17, 15) is 19.7 Å². The molecule has 0 N–H and O–H groups in total. The Morgan fingerprint density at radius 2 is 1.81 bits per heavy atom. The van der Waals surface area contributed by atoms with Gasteiger partial charge in [-0.1, -0.05) is 18.2 Å². The Kier molecular flexibility index (Phi) is 5.64. The van der Waals surface area contributed by atoms with Crippen molar-refractivity contribution >= 4 is 46.2 Å². The quantitative estimate of drug-likeness (QED) is 0.326. The number of hydrogen-bond donors (Lipinski definition) is 0. The number of fused-ring (bicyclic) bond motifs is 1. The average molecular weight is 434 g/mol. The number of nitro groups is 1. The summed E-state index contributed by atoms with van der Waals surface area (Å²) >= 11 is 1.36. The molecule has 1 aliphatic rings. The van der Waals surface area contributed by atoms with E-state index >= 15 is 0 Å². The number of hydrogen-bond acceptors (Lipinski definition) is 6. The maximum Gasteiger partial charge on any atom is 0.348 e. The van der Waals surface area contributed by atoms with Crippen molar-refractivity contribution in [1.29, 1.82) is 0 Å². The van der Waals surface area contributed by atoms with Gasteiger partial charge in [-0.25, -0.2) is 4.79 Å². The van der Waals surface area contributed by atoms with Gasteiger partial charge in [-0.2, -0.15) is 0 Å². The number of rotatable bonds is 4. The minimum Gasteiger partial charge on any atom is -0.465 e. The van der Waals surface area contributed by atoms with E-state index in [2.05, 4.69) is 0 Å². The Morgan fingerprint density at radius 1 is 1.06 bits per heavy atom. The summed E-state index contributed by atoms with van der Waals surface area (Å²) in [5.74, 6) is -0.598. The van der Waals surface area contributed by atoms with Crippen LogP contribution in [-0.2, 0) is 4.74 Å². The Labute approximate surface area is 182 Å². The molecule has 31 heavy (non-hydrogen) atoms. The number of amides is 1. The van der Waals surface area contributed by atoms with Crippen molar-refractivity contribution < 1.29 is 19.2 Å². The number of nitro benzene ring substituents is 1. The molecule has 4 rings (SSSR count). The second-order valence-electron chi connectivity index (χ2n) is 6.89.